The van der Waals surface area contributed by atoms with Crippen LogP contribution in [0, 0.1) is 5.41 Å². The van der Waals surface area contributed by atoms with Crippen molar-refractivity contribution in [2.24, 2.45) is 5.41 Å². The minimum Gasteiger partial charge on any atom is -0.469 e. The van der Waals surface area contributed by atoms with Crippen molar-refractivity contribution in [1.29, 1.82) is 0 Å². The fraction of sp³-hybridized carbons (Fsp3) is 0.769. The van der Waals surface area contributed by atoms with E-state index >= 15 is 0 Å². The van der Waals surface area contributed by atoms with E-state index in [0.717, 1.165) is 0 Å². The van der Waals surface area contributed by atoms with Crippen LogP contribution in [0.3, 0.4) is 0 Å². The van der Waals surface area contributed by atoms with Gasteiger partial charge < -0.3 is 19.5 Å². The van der Waals surface area contributed by atoms with Crippen molar-refractivity contribution in [2.45, 2.75) is 46.3 Å². The minimum absolute atomic E-state index is 0.649. The predicted molar refractivity (Wildman–Crippen MR) is 71.0 cm³/mol. The van der Waals surface area contributed by atoms with Crippen LogP contribution in [0.5, 0.6) is 0 Å². The molecule has 0 aromatic rings. The van der Waals surface area contributed by atoms with Crippen molar-refractivity contribution in [3.8, 4) is 0 Å². The van der Waals surface area contributed by atoms with Crippen LogP contribution in [-0.4, -0.2) is 43.9 Å². The summed E-state index contributed by atoms with van der Waals surface area (Å²) in [5, 5.41) is 2.34. The van der Waals surface area contributed by atoms with Crippen LogP contribution < -0.4 is 5.32 Å². The number of esters is 2. The first kappa shape index (κ1) is 18.2. The number of hydrogen-bond acceptors (Lipinski definition) is 6. The number of alkyl carbamates (subject to hydrolysis) is 1. The smallest absolute Gasteiger partial charge is 0.408 e. The molecule has 0 heterocycles. The number of rotatable bonds is 4. The topological polar surface area (TPSA) is 90.9 Å². The number of carbonyl (C=O) groups excluding carboxylic acids is 3. The summed E-state index contributed by atoms with van der Waals surface area (Å²) in [5.41, 5.74) is -2.01. The Balaban J connectivity index is 5.15. The van der Waals surface area contributed by atoms with Crippen molar-refractivity contribution in [3.05, 3.63) is 0 Å². The van der Waals surface area contributed by atoms with E-state index in [-0.39, 0.29) is 0 Å². The fourth-order valence-corrected chi connectivity index (χ4v) is 1.46. The lowest BCUT2D eigenvalue weighted by atomic mass is 9.84. The van der Waals surface area contributed by atoms with E-state index in [4.69, 9.17) is 4.74 Å². The lowest BCUT2D eigenvalue weighted by Crippen LogP contribution is -2.55. The van der Waals surface area contributed by atoms with Gasteiger partial charge in [0.15, 0.2) is 0 Å². The van der Waals surface area contributed by atoms with Crippen LogP contribution in [0.4, 0.5) is 4.79 Å². The van der Waals surface area contributed by atoms with E-state index in [2.05, 4.69) is 14.8 Å². The second-order valence-corrected chi connectivity index (χ2v) is 5.82. The Morgan fingerprint density at radius 3 is 1.80 bits per heavy atom. The highest BCUT2D eigenvalue weighted by Crippen LogP contribution is 2.24. The summed E-state index contributed by atoms with van der Waals surface area (Å²) < 4.78 is 14.3. The molecule has 20 heavy (non-hydrogen) atoms. The molecule has 0 aromatic carbocycles. The summed E-state index contributed by atoms with van der Waals surface area (Å²) in [6.07, 6.45) is -0.815. The molecule has 0 spiro atoms. The summed E-state index contributed by atoms with van der Waals surface area (Å²) >= 11 is 0. The van der Waals surface area contributed by atoms with Crippen LogP contribution >= 0.6 is 0 Å². The highest BCUT2D eigenvalue weighted by atomic mass is 16.6. The SMILES string of the molecule is COC(=O)C(NC(=O)OC(C)(C)C)C(C)(C)C(=O)OC. The molecule has 7 nitrogen and oxygen atoms in total. The predicted octanol–water partition coefficient (Wildman–Crippen LogP) is 1.25. The zero-order valence-corrected chi connectivity index (χ0v) is 13.0. The quantitative estimate of drug-likeness (QED) is 0.618. The number of nitrogens with one attached hydrogen (secondary N) is 1. The molecule has 0 saturated heterocycles. The first-order valence-corrected chi connectivity index (χ1v) is 6.11. The van der Waals surface area contributed by atoms with Gasteiger partial charge in [0.05, 0.1) is 19.6 Å². The monoisotopic (exact) mass is 289 g/mol. The van der Waals surface area contributed by atoms with Crippen molar-refractivity contribution >= 4 is 18.0 Å². The molecule has 0 aliphatic rings. The molecule has 0 aliphatic heterocycles. The normalized spacial score (nSPS) is 13.2. The molecular formula is C13H23NO6. The van der Waals surface area contributed by atoms with Crippen molar-refractivity contribution in [3.63, 3.8) is 0 Å². The molecule has 0 aromatic heterocycles. The first-order valence-electron chi connectivity index (χ1n) is 6.11. The third-order valence-corrected chi connectivity index (χ3v) is 2.53. The lowest BCUT2D eigenvalue weighted by Gasteiger charge is -2.31. The molecule has 0 rings (SSSR count). The number of ether oxygens (including phenoxy) is 3. The Bertz CT molecular complexity index is 383. The molecule has 1 atom stereocenters. The Hall–Kier alpha value is -1.79. The molecule has 7 heteroatoms. The zero-order valence-electron chi connectivity index (χ0n) is 13.0. The van der Waals surface area contributed by atoms with Gasteiger partial charge in [0.2, 0.25) is 0 Å². The van der Waals surface area contributed by atoms with Crippen LogP contribution in [0.25, 0.3) is 0 Å². The molecule has 1 amide bonds. The van der Waals surface area contributed by atoms with Gasteiger partial charge in [-0.3, -0.25) is 4.79 Å². The largest absolute Gasteiger partial charge is 0.469 e. The van der Waals surface area contributed by atoms with E-state index < -0.39 is 35.1 Å². The van der Waals surface area contributed by atoms with E-state index in [9.17, 15) is 14.4 Å². The standard InChI is InChI=1S/C13H23NO6/c1-12(2,3)20-11(17)14-8(9(15)18-6)13(4,5)10(16)19-7/h8H,1-7H3,(H,14,17). The average Bonchev–Trinajstić information content (AvgIpc) is 2.31. The van der Waals surface area contributed by atoms with Crippen LogP contribution in [0.1, 0.15) is 34.6 Å². The molecule has 0 fully saturated rings. The maximum Gasteiger partial charge on any atom is 0.408 e. The van der Waals surface area contributed by atoms with Crippen molar-refractivity contribution in [1.82, 2.24) is 5.32 Å². The molecule has 0 bridgehead atoms. The van der Waals surface area contributed by atoms with Gasteiger partial charge in [-0.2, -0.15) is 0 Å². The Kier molecular flexibility index (Phi) is 5.99. The van der Waals surface area contributed by atoms with Gasteiger partial charge in [-0.05, 0) is 34.6 Å². The van der Waals surface area contributed by atoms with E-state index in [1.165, 1.54) is 28.1 Å². The van der Waals surface area contributed by atoms with Gasteiger partial charge in [0.1, 0.15) is 11.6 Å². The van der Waals surface area contributed by atoms with Gasteiger partial charge in [-0.15, -0.1) is 0 Å². The van der Waals surface area contributed by atoms with E-state index in [1.54, 1.807) is 20.8 Å². The molecule has 0 saturated carbocycles. The second-order valence-electron chi connectivity index (χ2n) is 5.82. The Labute approximate surface area is 118 Å². The van der Waals surface area contributed by atoms with Crippen LogP contribution in [-0.2, 0) is 23.8 Å². The van der Waals surface area contributed by atoms with E-state index in [1.807, 2.05) is 0 Å². The van der Waals surface area contributed by atoms with Crippen LogP contribution in [0.2, 0.25) is 0 Å². The molecular weight excluding hydrogens is 266 g/mol. The molecule has 0 aliphatic carbocycles. The maximum atomic E-state index is 11.8. The van der Waals surface area contributed by atoms with Crippen molar-refractivity contribution < 1.29 is 28.6 Å². The lowest BCUT2D eigenvalue weighted by molar-refractivity contribution is -0.160. The van der Waals surface area contributed by atoms with E-state index in [0.29, 0.717) is 0 Å². The third kappa shape index (κ3) is 5.07. The third-order valence-electron chi connectivity index (χ3n) is 2.53. The van der Waals surface area contributed by atoms with Crippen LogP contribution in [0.15, 0.2) is 0 Å². The Morgan fingerprint density at radius 2 is 1.45 bits per heavy atom. The number of amides is 1. The van der Waals surface area contributed by atoms with Gasteiger partial charge in [-0.25, -0.2) is 9.59 Å². The van der Waals surface area contributed by atoms with Gasteiger partial charge >= 0.3 is 18.0 Å². The number of carbonyl (C=O) groups is 3. The Morgan fingerprint density at radius 1 is 0.950 bits per heavy atom. The molecule has 1 unspecified atom stereocenters. The first-order chi connectivity index (χ1) is 8.95. The summed E-state index contributed by atoms with van der Waals surface area (Å²) in [4.78, 5) is 35.3. The summed E-state index contributed by atoms with van der Waals surface area (Å²) in [5.74, 6) is -1.41. The average molecular weight is 289 g/mol. The summed E-state index contributed by atoms with van der Waals surface area (Å²) in [7, 11) is 2.37. The molecule has 1 N–H and O–H groups in total. The summed E-state index contributed by atoms with van der Waals surface area (Å²) in [6.45, 7) is 8.00. The number of methoxy groups -OCH3 is 2. The molecule has 0 radical (unpaired) electrons. The van der Waals surface area contributed by atoms with Gasteiger partial charge in [0.25, 0.3) is 0 Å². The highest BCUT2D eigenvalue weighted by molar-refractivity contribution is 5.89. The van der Waals surface area contributed by atoms with Gasteiger partial charge in [-0.1, -0.05) is 0 Å². The number of hydrogen-bond donors (Lipinski definition) is 1. The zero-order chi connectivity index (χ0) is 16.1. The summed E-state index contributed by atoms with van der Waals surface area (Å²) in [6, 6.07) is -1.21. The minimum atomic E-state index is -1.29. The highest BCUT2D eigenvalue weighted by Gasteiger charge is 2.44. The van der Waals surface area contributed by atoms with Gasteiger partial charge in [0, 0.05) is 0 Å². The maximum absolute atomic E-state index is 11.8. The fourth-order valence-electron chi connectivity index (χ4n) is 1.46. The van der Waals surface area contributed by atoms with Crippen molar-refractivity contribution in [2.75, 3.05) is 14.2 Å². The molecule has 116 valence electrons. The second kappa shape index (κ2) is 6.58.